The monoisotopic (exact) mass is 909 g/mol. The van der Waals surface area contributed by atoms with E-state index >= 15 is 0 Å². The molecule has 0 atom stereocenters. The highest BCUT2D eigenvalue weighted by molar-refractivity contribution is 7.25. The van der Waals surface area contributed by atoms with E-state index in [1.807, 2.05) is 23.5 Å². The van der Waals surface area contributed by atoms with Crippen LogP contribution in [0.2, 0.25) is 0 Å². The van der Waals surface area contributed by atoms with E-state index in [9.17, 15) is 0 Å². The average molecular weight is 910 g/mol. The Kier molecular flexibility index (Phi) is 9.33. The molecule has 14 rings (SSSR count). The molecule has 11 aromatic carbocycles. The van der Waals surface area contributed by atoms with Crippen LogP contribution in [0.5, 0.6) is 0 Å². The van der Waals surface area contributed by atoms with Gasteiger partial charge in [0.25, 0.3) is 0 Å². The highest BCUT2D eigenvalue weighted by Crippen LogP contribution is 2.57. The molecule has 70 heavy (non-hydrogen) atoms. The zero-order valence-corrected chi connectivity index (χ0v) is 38.9. The van der Waals surface area contributed by atoms with Crippen molar-refractivity contribution in [3.63, 3.8) is 0 Å². The first-order valence-corrected chi connectivity index (χ1v) is 24.8. The minimum absolute atomic E-state index is 0.466. The molecular weight excluding hydrogens is 867 g/mol. The van der Waals surface area contributed by atoms with Crippen LogP contribution in [0.1, 0.15) is 22.3 Å². The quantitative estimate of drug-likeness (QED) is 0.151. The smallest absolute Gasteiger partial charge is 0.135 e. The van der Waals surface area contributed by atoms with Gasteiger partial charge in [-0.05, 0) is 133 Å². The molecule has 0 saturated carbocycles. The van der Waals surface area contributed by atoms with Crippen LogP contribution in [0.15, 0.2) is 265 Å². The van der Waals surface area contributed by atoms with E-state index in [-0.39, 0.29) is 0 Å². The molecule has 2 aromatic heterocycles. The summed E-state index contributed by atoms with van der Waals surface area (Å²) in [5.41, 5.74) is 19.4. The van der Waals surface area contributed by atoms with E-state index in [0.29, 0.717) is 0 Å². The van der Waals surface area contributed by atoms with Crippen molar-refractivity contribution in [2.24, 2.45) is 0 Å². The third kappa shape index (κ3) is 6.40. The maximum absolute atomic E-state index is 6.12. The van der Waals surface area contributed by atoms with Crippen molar-refractivity contribution in [3.05, 3.63) is 283 Å². The molecule has 0 saturated heterocycles. The normalized spacial score (nSPS) is 12.7. The topological polar surface area (TPSA) is 16.4 Å². The molecule has 13 aromatic rings. The zero-order valence-electron chi connectivity index (χ0n) is 38.1. The van der Waals surface area contributed by atoms with Crippen LogP contribution < -0.4 is 4.90 Å². The lowest BCUT2D eigenvalue weighted by Crippen LogP contribution is -2.28. The lowest BCUT2D eigenvalue weighted by atomic mass is 9.68. The molecule has 3 heteroatoms. The van der Waals surface area contributed by atoms with Gasteiger partial charge in [-0.15, -0.1) is 11.3 Å². The molecule has 0 unspecified atom stereocenters. The number of para-hydroxylation sites is 1. The fourth-order valence-electron chi connectivity index (χ4n) is 11.3. The van der Waals surface area contributed by atoms with E-state index in [1.54, 1.807) is 0 Å². The van der Waals surface area contributed by atoms with Crippen molar-refractivity contribution in [3.8, 4) is 44.5 Å². The van der Waals surface area contributed by atoms with Crippen LogP contribution in [-0.2, 0) is 5.41 Å². The Bertz CT molecular complexity index is 4050. The lowest BCUT2D eigenvalue weighted by Gasteiger charge is -2.34. The standard InChI is InChI=1S/C67H43NOS/c1-3-13-50(14-4-1)67(51-15-5-2-6-16-51)61-20-10-7-17-55(61)59-43-54(37-39-62(59)67)68(53-35-29-47(30-36-53)49-31-38-58-57-19-9-12-22-65(57)70-66(58)42-49)52-33-27-45(28-34-52)44-23-25-46(26-24-44)48-32-40-64-60(41-48)56-18-8-11-21-63(56)69-64/h1-43H. The van der Waals surface area contributed by atoms with Crippen molar-refractivity contribution < 1.29 is 4.42 Å². The Hall–Kier alpha value is -8.76. The van der Waals surface area contributed by atoms with Crippen molar-refractivity contribution >= 4 is 70.5 Å². The Morgan fingerprint density at radius 2 is 0.786 bits per heavy atom. The van der Waals surface area contributed by atoms with Crippen molar-refractivity contribution in [2.45, 2.75) is 5.41 Å². The number of rotatable bonds is 8. The van der Waals surface area contributed by atoms with Crippen LogP contribution in [-0.4, -0.2) is 0 Å². The van der Waals surface area contributed by atoms with Crippen molar-refractivity contribution in [1.29, 1.82) is 0 Å². The average Bonchev–Trinajstić information content (AvgIpc) is 4.10. The second-order valence-electron chi connectivity index (χ2n) is 18.4. The van der Waals surface area contributed by atoms with Crippen molar-refractivity contribution in [1.82, 2.24) is 0 Å². The summed E-state index contributed by atoms with van der Waals surface area (Å²) in [5, 5.41) is 4.92. The maximum atomic E-state index is 6.12. The van der Waals surface area contributed by atoms with E-state index in [1.165, 1.54) is 81.4 Å². The molecule has 0 bridgehead atoms. The first-order chi connectivity index (χ1) is 34.7. The van der Waals surface area contributed by atoms with Gasteiger partial charge in [0, 0.05) is 48.0 Å². The molecule has 1 aliphatic carbocycles. The summed E-state index contributed by atoms with van der Waals surface area (Å²) in [7, 11) is 0. The Balaban J connectivity index is 0.864. The summed E-state index contributed by atoms with van der Waals surface area (Å²) in [6.45, 7) is 0. The minimum atomic E-state index is -0.466. The number of benzene rings is 11. The summed E-state index contributed by atoms with van der Waals surface area (Å²) >= 11 is 1.86. The third-order valence-electron chi connectivity index (χ3n) is 14.6. The van der Waals surface area contributed by atoms with Gasteiger partial charge in [-0.25, -0.2) is 0 Å². The molecule has 0 radical (unpaired) electrons. The van der Waals surface area contributed by atoms with Gasteiger partial charge in [0.1, 0.15) is 11.2 Å². The van der Waals surface area contributed by atoms with Gasteiger partial charge >= 0.3 is 0 Å². The number of hydrogen-bond donors (Lipinski definition) is 0. The van der Waals surface area contributed by atoms with E-state index < -0.39 is 5.41 Å². The summed E-state index contributed by atoms with van der Waals surface area (Å²) in [6.07, 6.45) is 0. The molecule has 328 valence electrons. The molecule has 0 N–H and O–H groups in total. The molecule has 2 nitrogen and oxygen atoms in total. The molecule has 2 heterocycles. The lowest BCUT2D eigenvalue weighted by molar-refractivity contribution is 0.669. The van der Waals surface area contributed by atoms with Crippen LogP contribution in [0.4, 0.5) is 17.1 Å². The number of fused-ring (bicyclic) bond motifs is 9. The maximum Gasteiger partial charge on any atom is 0.135 e. The second kappa shape index (κ2) is 16.2. The van der Waals surface area contributed by atoms with Crippen LogP contribution in [0.25, 0.3) is 86.6 Å². The van der Waals surface area contributed by atoms with Crippen LogP contribution in [0.3, 0.4) is 0 Å². The molecule has 0 amide bonds. The predicted molar refractivity (Wildman–Crippen MR) is 295 cm³/mol. The number of hydrogen-bond acceptors (Lipinski definition) is 3. The predicted octanol–water partition coefficient (Wildman–Crippen LogP) is 18.8. The zero-order chi connectivity index (χ0) is 46.2. The first-order valence-electron chi connectivity index (χ1n) is 24.0. The highest BCUT2D eigenvalue weighted by atomic mass is 32.1. The van der Waals surface area contributed by atoms with E-state index in [0.717, 1.165) is 44.6 Å². The second-order valence-corrected chi connectivity index (χ2v) is 19.5. The van der Waals surface area contributed by atoms with Gasteiger partial charge < -0.3 is 9.32 Å². The van der Waals surface area contributed by atoms with Gasteiger partial charge in [-0.3, -0.25) is 0 Å². The number of nitrogens with zero attached hydrogens (tertiary/aromatic N) is 1. The summed E-state index contributed by atoms with van der Waals surface area (Å²) in [5.74, 6) is 0. The van der Waals surface area contributed by atoms with Gasteiger partial charge in [0.05, 0.1) is 5.41 Å². The Morgan fingerprint density at radius 3 is 1.49 bits per heavy atom. The number of thiophene rings is 1. The molecule has 0 aliphatic heterocycles. The van der Waals surface area contributed by atoms with Gasteiger partial charge in [-0.1, -0.05) is 194 Å². The largest absolute Gasteiger partial charge is 0.456 e. The SMILES string of the molecule is c1ccc(C2(c3ccccc3)c3ccccc3-c3cc(N(c4ccc(-c5ccc(-c6ccc7oc8ccccc8c7c6)cc5)cc4)c4ccc(-c5ccc6c(c5)sc5ccccc56)cc4)ccc32)cc1. The summed E-state index contributed by atoms with van der Waals surface area (Å²) < 4.78 is 8.75. The molecule has 0 spiro atoms. The van der Waals surface area contributed by atoms with E-state index in [4.69, 9.17) is 4.42 Å². The number of furan rings is 1. The third-order valence-corrected chi connectivity index (χ3v) is 15.7. The molecular formula is C67H43NOS. The van der Waals surface area contributed by atoms with Gasteiger partial charge in [-0.2, -0.15) is 0 Å². The Labute approximate surface area is 410 Å². The molecule has 1 aliphatic rings. The van der Waals surface area contributed by atoms with Gasteiger partial charge in [0.15, 0.2) is 0 Å². The van der Waals surface area contributed by atoms with Gasteiger partial charge in [0.2, 0.25) is 0 Å². The number of anilines is 3. The minimum Gasteiger partial charge on any atom is -0.456 e. The highest BCUT2D eigenvalue weighted by Gasteiger charge is 2.46. The van der Waals surface area contributed by atoms with E-state index in [2.05, 4.69) is 254 Å². The summed E-state index contributed by atoms with van der Waals surface area (Å²) in [6, 6.07) is 95.6. The van der Waals surface area contributed by atoms with Crippen LogP contribution >= 0.6 is 11.3 Å². The van der Waals surface area contributed by atoms with Crippen LogP contribution in [0, 0.1) is 0 Å². The molecule has 0 fully saturated rings. The fraction of sp³-hybridized carbons (Fsp3) is 0.0149. The Morgan fingerprint density at radius 1 is 0.300 bits per heavy atom. The fourth-order valence-corrected chi connectivity index (χ4v) is 12.4. The van der Waals surface area contributed by atoms with Crippen molar-refractivity contribution in [2.75, 3.05) is 4.90 Å². The first kappa shape index (κ1) is 40.3. The summed E-state index contributed by atoms with van der Waals surface area (Å²) in [4.78, 5) is 2.41.